The molecular weight excluding hydrogens is 658 g/mol. The van der Waals surface area contributed by atoms with Crippen molar-refractivity contribution in [1.82, 2.24) is 35.4 Å². The Hall–Kier alpha value is -5.46. The third-order valence-electron chi connectivity index (χ3n) is 9.46. The van der Waals surface area contributed by atoms with Crippen LogP contribution in [0.3, 0.4) is 0 Å². The molecule has 2 heterocycles. The van der Waals surface area contributed by atoms with E-state index >= 15 is 0 Å². The Morgan fingerprint density at radius 3 is 2.31 bits per heavy atom. The molecular formula is C40H47N7O5. The summed E-state index contributed by atoms with van der Waals surface area (Å²) in [6, 6.07) is 29.4. The largest absolute Gasteiger partial charge is 0.412 e. The number of carbonyl (C=O) groups is 4. The van der Waals surface area contributed by atoms with Gasteiger partial charge in [-0.25, -0.2) is 9.59 Å². The first-order chi connectivity index (χ1) is 25.1. The lowest BCUT2D eigenvalue weighted by molar-refractivity contribution is -0.158. The van der Waals surface area contributed by atoms with E-state index in [9.17, 15) is 19.2 Å². The van der Waals surface area contributed by atoms with Gasteiger partial charge < -0.3 is 30.1 Å². The molecule has 52 heavy (non-hydrogen) atoms. The van der Waals surface area contributed by atoms with Crippen LogP contribution in [0.5, 0.6) is 5.75 Å². The summed E-state index contributed by atoms with van der Waals surface area (Å²) >= 11 is 0. The maximum Gasteiger partial charge on any atom is 0.412 e. The number of likely N-dealkylation sites (N-methyl/N-ethyl adjacent to an activating group) is 1. The van der Waals surface area contributed by atoms with Crippen LogP contribution in [0.4, 0.5) is 9.59 Å². The van der Waals surface area contributed by atoms with Gasteiger partial charge in [0.1, 0.15) is 18.0 Å². The molecule has 2 atom stereocenters. The van der Waals surface area contributed by atoms with Gasteiger partial charge >= 0.3 is 12.1 Å². The third-order valence-corrected chi connectivity index (χ3v) is 9.46. The number of piperazine rings is 1. The summed E-state index contributed by atoms with van der Waals surface area (Å²) in [5.74, 6) is -0.0114. The highest BCUT2D eigenvalue weighted by atomic mass is 16.6. The second-order valence-corrected chi connectivity index (χ2v) is 13.8. The van der Waals surface area contributed by atoms with Crippen LogP contribution in [0.25, 0.3) is 10.8 Å². The molecule has 0 unspecified atom stereocenters. The molecule has 4 aromatic rings. The van der Waals surface area contributed by atoms with Crippen molar-refractivity contribution in [3.8, 4) is 5.75 Å². The molecule has 2 saturated heterocycles. The van der Waals surface area contributed by atoms with E-state index in [4.69, 9.17) is 4.74 Å². The fraction of sp³-hybridized carbons (Fsp3) is 0.350. The van der Waals surface area contributed by atoms with Crippen LogP contribution in [0.1, 0.15) is 30.5 Å². The van der Waals surface area contributed by atoms with Crippen LogP contribution in [-0.4, -0.2) is 107 Å². The summed E-state index contributed by atoms with van der Waals surface area (Å²) < 4.78 is 5.44. The molecule has 0 bridgehead atoms. The summed E-state index contributed by atoms with van der Waals surface area (Å²) in [5.41, 5.74) is 2.77. The number of nitrogens with zero attached hydrogens (tertiary/aromatic N) is 5. The molecule has 0 aromatic heterocycles. The van der Waals surface area contributed by atoms with Crippen LogP contribution in [0.15, 0.2) is 97.1 Å². The van der Waals surface area contributed by atoms with Crippen LogP contribution < -0.4 is 15.4 Å². The number of ether oxygens (including phenoxy) is 1. The molecule has 0 spiro atoms. The maximum atomic E-state index is 14.5. The number of hydrazine groups is 1. The lowest BCUT2D eigenvalue weighted by atomic mass is 9.99. The van der Waals surface area contributed by atoms with Crippen molar-refractivity contribution < 1.29 is 23.9 Å². The van der Waals surface area contributed by atoms with Crippen LogP contribution in [0.2, 0.25) is 0 Å². The van der Waals surface area contributed by atoms with E-state index in [0.717, 1.165) is 27.5 Å². The lowest BCUT2D eigenvalue weighted by Crippen LogP contribution is -2.66. The molecule has 272 valence electrons. The fourth-order valence-electron chi connectivity index (χ4n) is 6.94. The first-order valence-corrected chi connectivity index (χ1v) is 17.7. The highest BCUT2D eigenvalue weighted by Gasteiger charge is 2.52. The average molecular weight is 706 g/mol. The zero-order chi connectivity index (χ0) is 36.8. The van der Waals surface area contributed by atoms with Crippen molar-refractivity contribution in [2.24, 2.45) is 0 Å². The van der Waals surface area contributed by atoms with Crippen molar-refractivity contribution in [3.05, 3.63) is 114 Å². The number of hydrogen-bond donors (Lipinski definition) is 2. The molecule has 0 radical (unpaired) electrons. The van der Waals surface area contributed by atoms with Gasteiger partial charge in [0, 0.05) is 38.6 Å². The van der Waals surface area contributed by atoms with Crippen LogP contribution in [0, 0.1) is 0 Å². The number of nitrogens with one attached hydrogen (secondary N) is 2. The van der Waals surface area contributed by atoms with E-state index < -0.39 is 18.3 Å². The summed E-state index contributed by atoms with van der Waals surface area (Å²) in [6.45, 7) is 5.85. The standard InChI is InChI=1S/C40H47N7O5/c1-28(2)47(39(50)42-24-30-11-6-5-7-12-30)45-27-37(48)46-35(23-29-17-19-33(20-18-29)52-40(51)41-21-22-43(3)4)38(49)44(26-36(45)46)25-32-15-10-14-31-13-8-9-16-34(31)32/h5-20,28,35-36H,21-27H2,1-4H3,(H,41,51)(H,42,50)/t35-,36+/m0/s1. The molecule has 0 saturated carbocycles. The summed E-state index contributed by atoms with van der Waals surface area (Å²) in [4.78, 5) is 59.9. The fourth-order valence-corrected chi connectivity index (χ4v) is 6.94. The number of fused-ring (bicyclic) bond motifs is 2. The van der Waals surface area contributed by atoms with Gasteiger partial charge in [0.25, 0.3) is 0 Å². The van der Waals surface area contributed by atoms with Gasteiger partial charge in [-0.1, -0.05) is 84.9 Å². The molecule has 0 aliphatic carbocycles. The van der Waals surface area contributed by atoms with Gasteiger partial charge in [-0.2, -0.15) is 5.01 Å². The van der Waals surface area contributed by atoms with E-state index in [2.05, 4.69) is 16.7 Å². The monoisotopic (exact) mass is 705 g/mol. The minimum absolute atomic E-state index is 0.0385. The van der Waals surface area contributed by atoms with Gasteiger partial charge in [-0.3, -0.25) is 14.6 Å². The smallest absolute Gasteiger partial charge is 0.410 e. The predicted molar refractivity (Wildman–Crippen MR) is 199 cm³/mol. The number of carbonyl (C=O) groups excluding carboxylic acids is 4. The highest BCUT2D eigenvalue weighted by Crippen LogP contribution is 2.32. The topological polar surface area (TPSA) is 118 Å². The van der Waals surface area contributed by atoms with E-state index in [0.29, 0.717) is 31.9 Å². The number of urea groups is 1. The molecule has 2 N–H and O–H groups in total. The number of hydrogen-bond acceptors (Lipinski definition) is 7. The van der Waals surface area contributed by atoms with E-state index in [1.807, 2.05) is 122 Å². The molecule has 5 amide bonds. The zero-order valence-corrected chi connectivity index (χ0v) is 30.2. The quantitative estimate of drug-likeness (QED) is 0.224. The second kappa shape index (κ2) is 16.3. The normalized spacial score (nSPS) is 17.5. The lowest BCUT2D eigenvalue weighted by Gasteiger charge is -2.47. The Labute approximate surface area is 304 Å². The number of rotatable bonds is 12. The third kappa shape index (κ3) is 8.35. The molecule has 2 aliphatic rings. The summed E-state index contributed by atoms with van der Waals surface area (Å²) in [5, 5.41) is 11.3. The first kappa shape index (κ1) is 36.3. The Morgan fingerprint density at radius 1 is 0.865 bits per heavy atom. The van der Waals surface area contributed by atoms with E-state index in [1.54, 1.807) is 22.0 Å². The predicted octanol–water partition coefficient (Wildman–Crippen LogP) is 4.45. The highest BCUT2D eigenvalue weighted by molar-refractivity contribution is 5.92. The van der Waals surface area contributed by atoms with Crippen LogP contribution >= 0.6 is 0 Å². The van der Waals surface area contributed by atoms with E-state index in [1.165, 1.54) is 0 Å². The van der Waals surface area contributed by atoms with Crippen molar-refractivity contribution >= 4 is 34.7 Å². The van der Waals surface area contributed by atoms with Gasteiger partial charge in [0.05, 0.1) is 13.1 Å². The summed E-state index contributed by atoms with van der Waals surface area (Å²) in [7, 11) is 3.84. The van der Waals surface area contributed by atoms with Crippen molar-refractivity contribution in [2.75, 3.05) is 40.3 Å². The molecule has 2 fully saturated rings. The Kier molecular flexibility index (Phi) is 11.4. The van der Waals surface area contributed by atoms with Crippen molar-refractivity contribution in [2.45, 2.75) is 51.6 Å². The number of amides is 5. The average Bonchev–Trinajstić information content (AvgIpc) is 3.44. The molecule has 12 heteroatoms. The second-order valence-electron chi connectivity index (χ2n) is 13.8. The van der Waals surface area contributed by atoms with E-state index in [-0.39, 0.29) is 43.4 Å². The Bertz CT molecular complexity index is 1880. The van der Waals surface area contributed by atoms with Gasteiger partial charge in [0.2, 0.25) is 11.8 Å². The first-order valence-electron chi connectivity index (χ1n) is 17.7. The minimum Gasteiger partial charge on any atom is -0.410 e. The summed E-state index contributed by atoms with van der Waals surface area (Å²) in [6.07, 6.45) is -0.865. The SMILES string of the molecule is CC(C)N(C(=O)NCc1ccccc1)N1CC(=O)N2[C@@H](Cc3ccc(OC(=O)NCCN(C)C)cc3)C(=O)N(Cc3cccc4ccccc34)C[C@@H]21. The molecule has 4 aromatic carbocycles. The molecule has 12 nitrogen and oxygen atoms in total. The Morgan fingerprint density at radius 2 is 1.58 bits per heavy atom. The minimum atomic E-state index is -0.811. The zero-order valence-electron chi connectivity index (χ0n) is 30.2. The molecule has 2 aliphatic heterocycles. The van der Waals surface area contributed by atoms with Gasteiger partial charge in [0.15, 0.2) is 0 Å². The van der Waals surface area contributed by atoms with Crippen molar-refractivity contribution in [3.63, 3.8) is 0 Å². The van der Waals surface area contributed by atoms with Crippen LogP contribution in [-0.2, 0) is 29.1 Å². The Balaban J connectivity index is 1.26. The molecule has 6 rings (SSSR count). The van der Waals surface area contributed by atoms with Gasteiger partial charge in [-0.15, -0.1) is 0 Å². The van der Waals surface area contributed by atoms with Crippen molar-refractivity contribution in [1.29, 1.82) is 0 Å². The number of benzene rings is 4. The maximum absolute atomic E-state index is 14.5. The van der Waals surface area contributed by atoms with Gasteiger partial charge in [-0.05, 0) is 67.5 Å².